The van der Waals surface area contributed by atoms with Crippen LogP contribution in [0.1, 0.15) is 45.0 Å². The Labute approximate surface area is 187 Å². The molecule has 2 aromatic carbocycles. The second-order valence-corrected chi connectivity index (χ2v) is 7.00. The zero-order valence-electron chi connectivity index (χ0n) is 19.0. The third-order valence-electron chi connectivity index (χ3n) is 3.68. The Morgan fingerprint density at radius 2 is 1.55 bits per heavy atom. The van der Waals surface area contributed by atoms with Crippen LogP contribution in [0.15, 0.2) is 64.6 Å². The molecule has 0 spiro atoms. The van der Waals surface area contributed by atoms with Crippen molar-refractivity contribution in [2.45, 2.75) is 45.6 Å². The standard InChI is InChI=1S/C11H11N3O2.C7H10N2OS.2C2H6/c1-7-9(12)11(16)14(13-7)10(15)8-5-3-2-4-6-8;1-9-11(10)7-4-2-6(8)3-5-7;2*1-2/h2-6,9H,12H2,1H3;2-5,9H,8H2,1H3;2*1-2H3. The molecule has 1 aliphatic rings. The molecule has 0 aliphatic carbocycles. The van der Waals surface area contributed by atoms with E-state index < -0.39 is 28.8 Å². The molecule has 1 aliphatic heterocycles. The predicted octanol–water partition coefficient (Wildman–Crippen LogP) is 2.94. The van der Waals surface area contributed by atoms with E-state index in [1.54, 1.807) is 68.6 Å². The summed E-state index contributed by atoms with van der Waals surface area (Å²) in [5.41, 5.74) is 12.6. The first-order valence-corrected chi connectivity index (χ1v) is 11.2. The minimum Gasteiger partial charge on any atom is -0.399 e. The molecule has 2 atom stereocenters. The zero-order valence-corrected chi connectivity index (χ0v) is 19.8. The highest BCUT2D eigenvalue weighted by Crippen LogP contribution is 2.12. The van der Waals surface area contributed by atoms with Gasteiger partial charge in [-0.15, -0.1) is 0 Å². The lowest BCUT2D eigenvalue weighted by atomic mass is 10.2. The number of hydrogen-bond donors (Lipinski definition) is 3. The Morgan fingerprint density at radius 3 is 1.97 bits per heavy atom. The quantitative estimate of drug-likeness (QED) is 0.492. The largest absolute Gasteiger partial charge is 0.399 e. The molecule has 0 fully saturated rings. The minimum atomic E-state index is -1.10. The highest BCUT2D eigenvalue weighted by molar-refractivity contribution is 7.83. The first kappa shape index (κ1) is 28.1. The van der Waals surface area contributed by atoms with Gasteiger partial charge >= 0.3 is 0 Å². The zero-order chi connectivity index (χ0) is 24.0. The van der Waals surface area contributed by atoms with Gasteiger partial charge in [-0.05, 0) is 50.4 Å². The van der Waals surface area contributed by atoms with Gasteiger partial charge in [-0.1, -0.05) is 45.9 Å². The van der Waals surface area contributed by atoms with Crippen molar-refractivity contribution in [2.75, 3.05) is 12.8 Å². The van der Waals surface area contributed by atoms with E-state index in [0.717, 1.165) is 9.90 Å². The second kappa shape index (κ2) is 15.0. The monoisotopic (exact) mass is 447 g/mol. The first-order chi connectivity index (χ1) is 14.8. The SMILES string of the molecule is CC.CC.CC1=NN(C(=O)c2ccccc2)C(=O)C1N.CNS(=O)c1ccc(N)cc1. The van der Waals surface area contributed by atoms with Crippen molar-refractivity contribution >= 4 is 34.2 Å². The van der Waals surface area contributed by atoms with Crippen molar-refractivity contribution in [1.82, 2.24) is 9.73 Å². The molecule has 3 rings (SSSR count). The van der Waals surface area contributed by atoms with Crippen LogP contribution in [-0.2, 0) is 15.8 Å². The molecule has 0 radical (unpaired) electrons. The van der Waals surface area contributed by atoms with E-state index in [2.05, 4.69) is 9.82 Å². The molecule has 0 bridgehead atoms. The summed E-state index contributed by atoms with van der Waals surface area (Å²) < 4.78 is 13.7. The Balaban J connectivity index is 0.000000526. The third kappa shape index (κ3) is 8.41. The summed E-state index contributed by atoms with van der Waals surface area (Å²) in [6, 6.07) is 14.6. The van der Waals surface area contributed by atoms with Crippen molar-refractivity contribution in [3.05, 3.63) is 60.2 Å². The number of nitrogens with two attached hydrogens (primary N) is 2. The Kier molecular flexibility index (Phi) is 13.6. The Morgan fingerprint density at radius 1 is 1.03 bits per heavy atom. The van der Waals surface area contributed by atoms with Crippen LogP contribution in [0.2, 0.25) is 0 Å². The number of benzene rings is 2. The molecule has 9 heteroatoms. The van der Waals surface area contributed by atoms with E-state index in [4.69, 9.17) is 11.5 Å². The van der Waals surface area contributed by atoms with E-state index in [1.165, 1.54) is 0 Å². The van der Waals surface area contributed by atoms with Crippen LogP contribution in [0, 0.1) is 0 Å². The number of amides is 2. The van der Waals surface area contributed by atoms with Crippen LogP contribution in [0.5, 0.6) is 0 Å². The second-order valence-electron chi connectivity index (χ2n) is 5.58. The maximum atomic E-state index is 11.9. The van der Waals surface area contributed by atoms with Gasteiger partial charge < -0.3 is 11.5 Å². The molecule has 2 aromatic rings. The van der Waals surface area contributed by atoms with Crippen molar-refractivity contribution < 1.29 is 13.8 Å². The number of hydrogen-bond acceptors (Lipinski definition) is 6. The summed E-state index contributed by atoms with van der Waals surface area (Å²) in [5, 5.41) is 4.68. The van der Waals surface area contributed by atoms with Crippen molar-refractivity contribution in [3.8, 4) is 0 Å². The molecule has 1 heterocycles. The van der Waals surface area contributed by atoms with Gasteiger partial charge in [0.2, 0.25) is 0 Å². The highest BCUT2D eigenvalue weighted by atomic mass is 32.2. The van der Waals surface area contributed by atoms with E-state index in [-0.39, 0.29) is 0 Å². The number of rotatable bonds is 3. The normalized spacial score (nSPS) is 15.2. The van der Waals surface area contributed by atoms with Crippen molar-refractivity contribution in [2.24, 2.45) is 10.8 Å². The van der Waals surface area contributed by atoms with Gasteiger partial charge in [0.1, 0.15) is 17.0 Å². The van der Waals surface area contributed by atoms with Gasteiger partial charge in [-0.25, -0.2) is 8.93 Å². The summed E-state index contributed by atoms with van der Waals surface area (Å²) in [6.07, 6.45) is 0. The minimum absolute atomic E-state index is 0.418. The Hall–Kier alpha value is -2.88. The van der Waals surface area contributed by atoms with Gasteiger partial charge in [-0.3, -0.25) is 9.59 Å². The van der Waals surface area contributed by atoms with Crippen LogP contribution >= 0.6 is 0 Å². The summed E-state index contributed by atoms with van der Waals surface area (Å²) in [6.45, 7) is 9.63. The highest BCUT2D eigenvalue weighted by Gasteiger charge is 2.34. The summed E-state index contributed by atoms with van der Waals surface area (Å²) in [5.74, 6) is -0.927. The molecular formula is C22H33N5O3S. The number of nitrogen functional groups attached to an aromatic ring is 1. The maximum Gasteiger partial charge on any atom is 0.281 e. The smallest absolute Gasteiger partial charge is 0.281 e. The van der Waals surface area contributed by atoms with Gasteiger partial charge in [0.05, 0.1) is 10.6 Å². The average Bonchev–Trinajstić information content (AvgIpc) is 3.09. The fraction of sp³-hybridized carbons (Fsp3) is 0.318. The van der Waals surface area contributed by atoms with E-state index in [1.807, 2.05) is 27.7 Å². The summed E-state index contributed by atoms with van der Waals surface area (Å²) in [7, 11) is 0.541. The van der Waals surface area contributed by atoms with E-state index in [0.29, 0.717) is 17.0 Å². The lowest BCUT2D eigenvalue weighted by Gasteiger charge is -2.10. The van der Waals surface area contributed by atoms with Crippen LogP contribution in [0.25, 0.3) is 0 Å². The number of carbonyl (C=O) groups excluding carboxylic acids is 2. The fourth-order valence-electron chi connectivity index (χ4n) is 2.14. The Bertz CT molecular complexity index is 870. The number of nitrogens with one attached hydrogen (secondary N) is 1. The third-order valence-corrected chi connectivity index (χ3v) is 4.75. The molecule has 31 heavy (non-hydrogen) atoms. The number of carbonyl (C=O) groups is 2. The topological polar surface area (TPSA) is 131 Å². The molecule has 0 saturated carbocycles. The molecule has 170 valence electrons. The molecular weight excluding hydrogens is 414 g/mol. The van der Waals surface area contributed by atoms with Crippen LogP contribution in [-0.4, -0.2) is 39.8 Å². The van der Waals surface area contributed by atoms with Gasteiger partial charge in [0.15, 0.2) is 0 Å². The molecule has 8 nitrogen and oxygen atoms in total. The van der Waals surface area contributed by atoms with Gasteiger partial charge in [0.25, 0.3) is 11.8 Å². The molecule has 2 amide bonds. The molecule has 0 saturated heterocycles. The predicted molar refractivity (Wildman–Crippen MR) is 128 cm³/mol. The lowest BCUT2D eigenvalue weighted by Crippen LogP contribution is -2.40. The number of anilines is 1. The van der Waals surface area contributed by atoms with Gasteiger partial charge in [-0.2, -0.15) is 10.1 Å². The first-order valence-electron chi connectivity index (χ1n) is 10.0. The van der Waals surface area contributed by atoms with E-state index in [9.17, 15) is 13.8 Å². The van der Waals surface area contributed by atoms with E-state index >= 15 is 0 Å². The van der Waals surface area contributed by atoms with Crippen molar-refractivity contribution in [3.63, 3.8) is 0 Å². The van der Waals surface area contributed by atoms with Crippen molar-refractivity contribution in [1.29, 1.82) is 0 Å². The number of hydrazone groups is 1. The summed E-state index contributed by atoms with van der Waals surface area (Å²) in [4.78, 5) is 24.2. The van der Waals surface area contributed by atoms with Crippen LogP contribution in [0.4, 0.5) is 5.69 Å². The summed E-state index contributed by atoms with van der Waals surface area (Å²) >= 11 is 0. The number of nitrogens with zero attached hydrogens (tertiary/aromatic N) is 2. The molecule has 2 unspecified atom stereocenters. The lowest BCUT2D eigenvalue weighted by molar-refractivity contribution is -0.127. The fourth-order valence-corrected chi connectivity index (χ4v) is 2.76. The molecule has 5 N–H and O–H groups in total. The average molecular weight is 448 g/mol. The molecule has 0 aromatic heterocycles. The van der Waals surface area contributed by atoms with Crippen LogP contribution < -0.4 is 16.2 Å². The maximum absolute atomic E-state index is 11.9. The van der Waals surface area contributed by atoms with Crippen LogP contribution in [0.3, 0.4) is 0 Å². The van der Waals surface area contributed by atoms with Gasteiger partial charge in [0, 0.05) is 11.3 Å². The number of imide groups is 1.